The summed E-state index contributed by atoms with van der Waals surface area (Å²) in [6.45, 7) is 8.86. The van der Waals surface area contributed by atoms with E-state index >= 15 is 0 Å². The fourth-order valence-corrected chi connectivity index (χ4v) is 4.68. The molecule has 1 fully saturated rings. The van der Waals surface area contributed by atoms with Gasteiger partial charge in [-0.1, -0.05) is 42.4 Å². The molecule has 1 aliphatic rings. The van der Waals surface area contributed by atoms with Gasteiger partial charge in [0.05, 0.1) is 11.6 Å². The van der Waals surface area contributed by atoms with Crippen molar-refractivity contribution in [3.8, 4) is 11.1 Å². The van der Waals surface area contributed by atoms with Gasteiger partial charge in [-0.05, 0) is 90.4 Å². The number of aryl methyl sites for hydroxylation is 2. The predicted octanol–water partition coefficient (Wildman–Crippen LogP) is 5.47. The Bertz CT molecular complexity index is 1210. The molecule has 1 N–H and O–H groups in total. The monoisotopic (exact) mass is 471 g/mol. The minimum atomic E-state index is -0.690. The Morgan fingerprint density at radius 1 is 1.14 bits per heavy atom. The van der Waals surface area contributed by atoms with E-state index in [2.05, 4.69) is 65.3 Å². The topological polar surface area (TPSA) is 75.0 Å². The maximum Gasteiger partial charge on any atom is 0.307 e. The number of carbonyl (C=O) groups is 1. The lowest BCUT2D eigenvalue weighted by molar-refractivity contribution is -0.141. The fraction of sp³-hybridized carbons (Fsp3) is 0.345. The van der Waals surface area contributed by atoms with E-state index in [1.54, 1.807) is 12.4 Å². The molecule has 4 rings (SSSR count). The van der Waals surface area contributed by atoms with E-state index in [-0.39, 0.29) is 5.92 Å². The third-order valence-electron chi connectivity index (χ3n) is 6.74. The molecule has 0 amide bonds. The standard InChI is InChI=1S/C29H33N3O3/c1-4-23-16-25(6-7-26(23)17-32-14-11-27(18-32)29(33)34)21(3)31-35-19-22-5-8-28(20(2)15-22)24-9-12-30-13-10-24/h5-10,12-13,15-16,27H,4,11,14,17-19H2,1-3H3,(H,33,34)/b31-21+/t27-/m0/s1. The zero-order valence-corrected chi connectivity index (χ0v) is 20.7. The molecule has 6 nitrogen and oxygen atoms in total. The van der Waals surface area contributed by atoms with Crippen molar-refractivity contribution in [2.45, 2.75) is 46.8 Å². The zero-order chi connectivity index (χ0) is 24.8. The summed E-state index contributed by atoms with van der Waals surface area (Å²) in [6.07, 6.45) is 5.25. The number of aromatic nitrogens is 1. The molecule has 0 spiro atoms. The quantitative estimate of drug-likeness (QED) is 0.331. The van der Waals surface area contributed by atoms with Crippen LogP contribution in [0.25, 0.3) is 11.1 Å². The lowest BCUT2D eigenvalue weighted by Crippen LogP contribution is -2.23. The molecule has 1 saturated heterocycles. The summed E-state index contributed by atoms with van der Waals surface area (Å²) < 4.78 is 0. The number of oxime groups is 1. The number of hydrogen-bond donors (Lipinski definition) is 1. The molecule has 182 valence electrons. The Morgan fingerprint density at radius 2 is 1.94 bits per heavy atom. The number of carboxylic acid groups (broad SMARTS) is 1. The lowest BCUT2D eigenvalue weighted by Gasteiger charge is -2.18. The first kappa shape index (κ1) is 24.6. The summed E-state index contributed by atoms with van der Waals surface area (Å²) in [5.41, 5.74) is 9.00. The molecular formula is C29H33N3O3. The summed E-state index contributed by atoms with van der Waals surface area (Å²) in [5, 5.41) is 13.6. The Kier molecular flexibility index (Phi) is 7.93. The highest BCUT2D eigenvalue weighted by Crippen LogP contribution is 2.24. The van der Waals surface area contributed by atoms with Crippen molar-refractivity contribution in [3.63, 3.8) is 0 Å². The minimum Gasteiger partial charge on any atom is -0.481 e. The number of nitrogens with zero attached hydrogens (tertiary/aromatic N) is 3. The van der Waals surface area contributed by atoms with Crippen LogP contribution in [0, 0.1) is 12.8 Å². The highest BCUT2D eigenvalue weighted by atomic mass is 16.6. The van der Waals surface area contributed by atoms with Crippen LogP contribution in [0.3, 0.4) is 0 Å². The van der Waals surface area contributed by atoms with Crippen molar-refractivity contribution in [1.29, 1.82) is 0 Å². The van der Waals surface area contributed by atoms with Crippen LogP contribution in [0.4, 0.5) is 0 Å². The van der Waals surface area contributed by atoms with Gasteiger partial charge >= 0.3 is 5.97 Å². The molecule has 0 radical (unpaired) electrons. The van der Waals surface area contributed by atoms with Crippen molar-refractivity contribution in [2.75, 3.05) is 13.1 Å². The molecule has 0 saturated carbocycles. The molecule has 2 aromatic carbocycles. The molecule has 1 atom stereocenters. The molecule has 6 heteroatoms. The van der Waals surface area contributed by atoms with Gasteiger partial charge in [-0.3, -0.25) is 14.7 Å². The van der Waals surface area contributed by atoms with Gasteiger partial charge in [0, 0.05) is 25.5 Å². The third-order valence-corrected chi connectivity index (χ3v) is 6.74. The molecule has 0 unspecified atom stereocenters. The minimum absolute atomic E-state index is 0.249. The van der Waals surface area contributed by atoms with Crippen LogP contribution in [0.5, 0.6) is 0 Å². The van der Waals surface area contributed by atoms with E-state index in [1.165, 1.54) is 22.3 Å². The van der Waals surface area contributed by atoms with Crippen molar-refractivity contribution in [3.05, 3.63) is 88.7 Å². The summed E-state index contributed by atoms with van der Waals surface area (Å²) in [5.74, 6) is -0.938. The number of hydrogen-bond acceptors (Lipinski definition) is 5. The maximum absolute atomic E-state index is 11.3. The third kappa shape index (κ3) is 6.14. The van der Waals surface area contributed by atoms with E-state index in [1.807, 2.05) is 19.1 Å². The Labute approximate surface area is 207 Å². The summed E-state index contributed by atoms with van der Waals surface area (Å²) in [7, 11) is 0. The van der Waals surface area contributed by atoms with E-state index in [0.29, 0.717) is 13.2 Å². The van der Waals surface area contributed by atoms with Crippen LogP contribution in [0.1, 0.15) is 48.1 Å². The summed E-state index contributed by atoms with van der Waals surface area (Å²) in [6, 6.07) is 16.8. The van der Waals surface area contributed by atoms with Gasteiger partial charge in [-0.25, -0.2) is 0 Å². The molecule has 3 aromatic rings. The van der Waals surface area contributed by atoms with Crippen LogP contribution in [0.2, 0.25) is 0 Å². The highest BCUT2D eigenvalue weighted by molar-refractivity contribution is 5.98. The Hall–Kier alpha value is -3.51. The molecule has 1 aromatic heterocycles. The van der Waals surface area contributed by atoms with Gasteiger partial charge in [0.2, 0.25) is 0 Å². The predicted molar refractivity (Wildman–Crippen MR) is 138 cm³/mol. The van der Waals surface area contributed by atoms with Crippen LogP contribution in [-0.2, 0) is 29.2 Å². The first-order chi connectivity index (χ1) is 16.9. The van der Waals surface area contributed by atoms with Gasteiger partial charge in [0.25, 0.3) is 0 Å². The largest absolute Gasteiger partial charge is 0.481 e. The van der Waals surface area contributed by atoms with Crippen LogP contribution in [-0.4, -0.2) is 39.8 Å². The maximum atomic E-state index is 11.3. The van der Waals surface area contributed by atoms with Crippen molar-refractivity contribution in [1.82, 2.24) is 9.88 Å². The molecule has 35 heavy (non-hydrogen) atoms. The van der Waals surface area contributed by atoms with Crippen molar-refractivity contribution < 1.29 is 14.7 Å². The second kappa shape index (κ2) is 11.3. The van der Waals surface area contributed by atoms with E-state index in [4.69, 9.17) is 4.84 Å². The number of benzene rings is 2. The van der Waals surface area contributed by atoms with E-state index < -0.39 is 5.97 Å². The van der Waals surface area contributed by atoms with Gasteiger partial charge < -0.3 is 9.94 Å². The van der Waals surface area contributed by atoms with Crippen LogP contribution < -0.4 is 0 Å². The van der Waals surface area contributed by atoms with Gasteiger partial charge in [0.15, 0.2) is 0 Å². The Balaban J connectivity index is 1.38. The normalized spacial score (nSPS) is 16.4. The first-order valence-corrected chi connectivity index (χ1v) is 12.2. The molecule has 0 bridgehead atoms. The van der Waals surface area contributed by atoms with Crippen LogP contribution >= 0.6 is 0 Å². The second-order valence-electron chi connectivity index (χ2n) is 9.23. The van der Waals surface area contributed by atoms with Gasteiger partial charge in [-0.15, -0.1) is 0 Å². The molecular weight excluding hydrogens is 438 g/mol. The zero-order valence-electron chi connectivity index (χ0n) is 20.7. The smallest absolute Gasteiger partial charge is 0.307 e. The number of rotatable bonds is 9. The first-order valence-electron chi connectivity index (χ1n) is 12.2. The van der Waals surface area contributed by atoms with Gasteiger partial charge in [-0.2, -0.15) is 0 Å². The molecule has 2 heterocycles. The van der Waals surface area contributed by atoms with E-state index in [9.17, 15) is 9.90 Å². The van der Waals surface area contributed by atoms with Crippen molar-refractivity contribution >= 4 is 11.7 Å². The average Bonchev–Trinajstić information content (AvgIpc) is 3.34. The SMILES string of the molecule is CCc1cc(/C(C)=N/OCc2ccc(-c3ccncc3)c(C)c2)ccc1CN1CC[C@H](C(=O)O)C1. The lowest BCUT2D eigenvalue weighted by atomic mass is 9.99. The summed E-state index contributed by atoms with van der Waals surface area (Å²) >= 11 is 0. The van der Waals surface area contributed by atoms with Crippen molar-refractivity contribution in [2.24, 2.45) is 11.1 Å². The summed E-state index contributed by atoms with van der Waals surface area (Å²) in [4.78, 5) is 23.3. The number of pyridine rings is 1. The number of likely N-dealkylation sites (tertiary alicyclic amines) is 1. The molecule has 1 aliphatic heterocycles. The average molecular weight is 472 g/mol. The Morgan fingerprint density at radius 3 is 2.63 bits per heavy atom. The fourth-order valence-electron chi connectivity index (χ4n) is 4.68. The molecule has 0 aliphatic carbocycles. The number of carboxylic acids is 1. The van der Waals surface area contributed by atoms with Gasteiger partial charge in [0.1, 0.15) is 6.61 Å². The van der Waals surface area contributed by atoms with Crippen LogP contribution in [0.15, 0.2) is 66.1 Å². The number of aliphatic carboxylic acids is 1. The van der Waals surface area contributed by atoms with E-state index in [0.717, 1.165) is 48.3 Å². The highest BCUT2D eigenvalue weighted by Gasteiger charge is 2.28. The second-order valence-corrected chi connectivity index (χ2v) is 9.23.